The van der Waals surface area contributed by atoms with Crippen molar-refractivity contribution in [1.29, 1.82) is 0 Å². The summed E-state index contributed by atoms with van der Waals surface area (Å²) in [7, 11) is 0. The lowest BCUT2D eigenvalue weighted by molar-refractivity contribution is -0.121. The zero-order valence-electron chi connectivity index (χ0n) is 15.0. The molecule has 134 valence electrons. The van der Waals surface area contributed by atoms with E-state index in [-0.39, 0.29) is 11.9 Å². The number of piperidine rings is 1. The number of aryl methyl sites for hydroxylation is 2. The maximum atomic E-state index is 12.4. The van der Waals surface area contributed by atoms with Gasteiger partial charge in [0.25, 0.3) is 0 Å². The van der Waals surface area contributed by atoms with Gasteiger partial charge in [0.05, 0.1) is 6.04 Å². The Kier molecular flexibility index (Phi) is 5.33. The molecule has 1 atom stereocenters. The van der Waals surface area contributed by atoms with Gasteiger partial charge in [-0.1, -0.05) is 11.2 Å². The van der Waals surface area contributed by atoms with Crippen LogP contribution in [0.2, 0.25) is 0 Å². The van der Waals surface area contributed by atoms with Gasteiger partial charge in [0.2, 0.25) is 5.91 Å². The van der Waals surface area contributed by atoms with Crippen molar-refractivity contribution in [2.45, 2.75) is 45.7 Å². The lowest BCUT2D eigenvalue weighted by atomic mass is 10.0. The summed E-state index contributed by atoms with van der Waals surface area (Å²) in [4.78, 5) is 19.1. The molecule has 0 bridgehead atoms. The van der Waals surface area contributed by atoms with Crippen LogP contribution in [0, 0.1) is 13.8 Å². The minimum Gasteiger partial charge on any atom is -0.367 e. The van der Waals surface area contributed by atoms with Gasteiger partial charge in [-0.3, -0.25) is 9.69 Å². The van der Waals surface area contributed by atoms with Gasteiger partial charge in [-0.05, 0) is 45.7 Å². The maximum absolute atomic E-state index is 12.4. The molecule has 3 heterocycles. The molecule has 0 unspecified atom stereocenters. The molecule has 1 amide bonds. The van der Waals surface area contributed by atoms with Crippen molar-refractivity contribution < 1.29 is 9.32 Å². The van der Waals surface area contributed by atoms with E-state index >= 15 is 0 Å². The third-order valence-electron chi connectivity index (χ3n) is 4.58. The van der Waals surface area contributed by atoms with E-state index in [0.717, 1.165) is 37.4 Å². The van der Waals surface area contributed by atoms with E-state index in [1.807, 2.05) is 32.0 Å². The highest BCUT2D eigenvalue weighted by molar-refractivity contribution is 5.93. The molecule has 1 aliphatic rings. The molecule has 0 aliphatic carbocycles. The van der Waals surface area contributed by atoms with Crippen LogP contribution in [0.15, 0.2) is 28.8 Å². The number of likely N-dealkylation sites (tertiary alicyclic amines) is 1. The lowest BCUT2D eigenvalue weighted by Crippen LogP contribution is -2.48. The first-order valence-corrected chi connectivity index (χ1v) is 8.69. The maximum Gasteiger partial charge on any atom is 0.242 e. The van der Waals surface area contributed by atoms with Crippen LogP contribution in [0.25, 0.3) is 0 Å². The predicted octanol–water partition coefficient (Wildman–Crippen LogP) is 2.59. The number of aromatic nitrogens is 2. The summed E-state index contributed by atoms with van der Waals surface area (Å²) in [6.07, 6.45) is 1.96. The smallest absolute Gasteiger partial charge is 0.242 e. The van der Waals surface area contributed by atoms with E-state index < -0.39 is 0 Å². The van der Waals surface area contributed by atoms with Crippen molar-refractivity contribution in [3.8, 4) is 0 Å². The average molecular weight is 343 g/mol. The van der Waals surface area contributed by atoms with Crippen LogP contribution in [0.5, 0.6) is 0 Å². The van der Waals surface area contributed by atoms with Gasteiger partial charge >= 0.3 is 0 Å². The van der Waals surface area contributed by atoms with E-state index in [2.05, 4.69) is 25.7 Å². The molecule has 0 aromatic carbocycles. The van der Waals surface area contributed by atoms with Crippen molar-refractivity contribution in [3.63, 3.8) is 0 Å². The minimum atomic E-state index is -0.199. The Labute approximate surface area is 147 Å². The molecule has 0 saturated carbocycles. The number of hydrogen-bond acceptors (Lipinski definition) is 6. The number of anilines is 2. The van der Waals surface area contributed by atoms with E-state index in [1.54, 1.807) is 13.0 Å². The summed E-state index contributed by atoms with van der Waals surface area (Å²) in [6, 6.07) is 7.90. The molecular weight excluding hydrogens is 318 g/mol. The second-order valence-electron chi connectivity index (χ2n) is 6.61. The van der Waals surface area contributed by atoms with Crippen molar-refractivity contribution in [3.05, 3.63) is 35.7 Å². The van der Waals surface area contributed by atoms with Crippen LogP contribution in [0.1, 0.15) is 31.2 Å². The molecule has 1 aliphatic heterocycles. The molecule has 25 heavy (non-hydrogen) atoms. The van der Waals surface area contributed by atoms with E-state index in [9.17, 15) is 4.79 Å². The third kappa shape index (κ3) is 4.57. The fourth-order valence-electron chi connectivity index (χ4n) is 3.09. The number of pyridine rings is 1. The summed E-state index contributed by atoms with van der Waals surface area (Å²) < 4.78 is 4.98. The van der Waals surface area contributed by atoms with Crippen molar-refractivity contribution >= 4 is 17.5 Å². The number of carbonyl (C=O) groups is 1. The summed E-state index contributed by atoms with van der Waals surface area (Å²) in [6.45, 7) is 7.46. The number of amides is 1. The van der Waals surface area contributed by atoms with Crippen molar-refractivity contribution in [2.75, 3.05) is 23.7 Å². The van der Waals surface area contributed by atoms with Crippen LogP contribution in [-0.4, -0.2) is 46.1 Å². The molecule has 2 aromatic heterocycles. The molecule has 0 radical (unpaired) electrons. The third-order valence-corrected chi connectivity index (χ3v) is 4.58. The van der Waals surface area contributed by atoms with Gasteiger partial charge in [-0.2, -0.15) is 0 Å². The number of hydrogen-bond donors (Lipinski definition) is 2. The number of nitrogens with one attached hydrogen (secondary N) is 2. The van der Waals surface area contributed by atoms with E-state index in [1.165, 1.54) is 0 Å². The summed E-state index contributed by atoms with van der Waals surface area (Å²) in [5, 5.41) is 10.1. The standard InChI is InChI=1S/C18H25N5O2/c1-12-5-4-6-16(19-12)20-15-7-9-23(10-8-15)14(3)18(24)21-17-11-13(2)25-22-17/h4-6,11,14-15H,7-10H2,1-3H3,(H,19,20)(H,21,22,24)/t14-/m0/s1. The number of nitrogens with zero attached hydrogens (tertiary/aromatic N) is 3. The molecule has 0 spiro atoms. The molecule has 7 nitrogen and oxygen atoms in total. The van der Waals surface area contributed by atoms with Gasteiger partial charge in [-0.25, -0.2) is 4.98 Å². The van der Waals surface area contributed by atoms with Gasteiger partial charge in [0.1, 0.15) is 11.6 Å². The first-order valence-electron chi connectivity index (χ1n) is 8.69. The van der Waals surface area contributed by atoms with Gasteiger partial charge in [0.15, 0.2) is 5.82 Å². The normalized spacial score (nSPS) is 17.2. The Bertz CT molecular complexity index is 722. The predicted molar refractivity (Wildman–Crippen MR) is 96.5 cm³/mol. The molecular formula is C18H25N5O2. The van der Waals surface area contributed by atoms with Crippen LogP contribution in [0.4, 0.5) is 11.6 Å². The van der Waals surface area contributed by atoms with Gasteiger partial charge in [-0.15, -0.1) is 0 Å². The Hall–Kier alpha value is -2.41. The minimum absolute atomic E-state index is 0.0555. The zero-order chi connectivity index (χ0) is 17.8. The van der Waals surface area contributed by atoms with Gasteiger partial charge in [0, 0.05) is 30.9 Å². The molecule has 1 fully saturated rings. The second-order valence-corrected chi connectivity index (χ2v) is 6.61. The van der Waals surface area contributed by atoms with Crippen molar-refractivity contribution in [1.82, 2.24) is 15.0 Å². The van der Waals surface area contributed by atoms with Crippen LogP contribution >= 0.6 is 0 Å². The Morgan fingerprint density at radius 2 is 2.04 bits per heavy atom. The molecule has 7 heteroatoms. The zero-order valence-corrected chi connectivity index (χ0v) is 15.0. The average Bonchev–Trinajstić information content (AvgIpc) is 3.00. The SMILES string of the molecule is Cc1cccc(NC2CCN([C@@H](C)C(=O)Nc3cc(C)on3)CC2)n1. The van der Waals surface area contributed by atoms with Crippen LogP contribution in [-0.2, 0) is 4.79 Å². The van der Waals surface area contributed by atoms with Crippen LogP contribution < -0.4 is 10.6 Å². The fraction of sp³-hybridized carbons (Fsp3) is 0.500. The quantitative estimate of drug-likeness (QED) is 0.868. The summed E-state index contributed by atoms with van der Waals surface area (Å²) in [5.41, 5.74) is 1.01. The first kappa shape index (κ1) is 17.4. The lowest BCUT2D eigenvalue weighted by Gasteiger charge is -2.35. The monoisotopic (exact) mass is 343 g/mol. The highest BCUT2D eigenvalue weighted by atomic mass is 16.5. The molecule has 3 rings (SSSR count). The van der Waals surface area contributed by atoms with E-state index in [0.29, 0.717) is 17.6 Å². The summed E-state index contributed by atoms with van der Waals surface area (Å²) in [5.74, 6) is 2.02. The Balaban J connectivity index is 1.48. The highest BCUT2D eigenvalue weighted by Gasteiger charge is 2.27. The largest absolute Gasteiger partial charge is 0.367 e. The first-order chi connectivity index (χ1) is 12.0. The van der Waals surface area contributed by atoms with Gasteiger partial charge < -0.3 is 15.2 Å². The topological polar surface area (TPSA) is 83.3 Å². The second kappa shape index (κ2) is 7.65. The van der Waals surface area contributed by atoms with E-state index in [4.69, 9.17) is 4.52 Å². The Morgan fingerprint density at radius 1 is 1.28 bits per heavy atom. The molecule has 2 N–H and O–H groups in total. The van der Waals surface area contributed by atoms with Crippen LogP contribution in [0.3, 0.4) is 0 Å². The molecule has 1 saturated heterocycles. The number of rotatable bonds is 5. The summed E-state index contributed by atoms with van der Waals surface area (Å²) >= 11 is 0. The number of carbonyl (C=O) groups excluding carboxylic acids is 1. The fourth-order valence-corrected chi connectivity index (χ4v) is 3.09. The highest BCUT2D eigenvalue weighted by Crippen LogP contribution is 2.18. The van der Waals surface area contributed by atoms with Crippen molar-refractivity contribution in [2.24, 2.45) is 0 Å². The Morgan fingerprint density at radius 3 is 2.68 bits per heavy atom. The molecule has 2 aromatic rings.